The average Bonchev–Trinajstić information content (AvgIpc) is 2.56. The Morgan fingerprint density at radius 2 is 1.70 bits per heavy atom. The van der Waals surface area contributed by atoms with Crippen LogP contribution in [0.25, 0.3) is 0 Å². The molecule has 120 valence electrons. The summed E-state index contributed by atoms with van der Waals surface area (Å²) in [7, 11) is 0. The Balaban J connectivity index is 1.81. The molecule has 0 radical (unpaired) electrons. The fraction of sp³-hybridized carbons (Fsp3) is 0.350. The fourth-order valence-electron chi connectivity index (χ4n) is 3.12. The van der Waals surface area contributed by atoms with Crippen LogP contribution in [0.2, 0.25) is 0 Å². The van der Waals surface area contributed by atoms with E-state index in [4.69, 9.17) is 0 Å². The maximum absolute atomic E-state index is 12.6. The number of piperidine rings is 1. The molecule has 3 nitrogen and oxygen atoms in total. The van der Waals surface area contributed by atoms with E-state index in [1.165, 1.54) is 12.8 Å². The number of nitrogens with one attached hydrogen (secondary N) is 1. The molecule has 1 heterocycles. The second kappa shape index (κ2) is 6.86. The van der Waals surface area contributed by atoms with Gasteiger partial charge in [0.2, 0.25) is 0 Å². The van der Waals surface area contributed by atoms with Crippen LogP contribution in [-0.2, 0) is 0 Å². The summed E-state index contributed by atoms with van der Waals surface area (Å²) in [6.07, 6.45) is 2.42. The molecule has 3 rings (SSSR count). The number of carbonyl (C=O) groups excluding carboxylic acids is 1. The lowest BCUT2D eigenvalue weighted by Crippen LogP contribution is -2.33. The number of nitrogens with zero attached hydrogens (tertiary/aromatic N) is 1. The van der Waals surface area contributed by atoms with E-state index >= 15 is 0 Å². The highest BCUT2D eigenvalue weighted by atomic mass is 16.1. The second-order valence-electron chi connectivity index (χ2n) is 6.46. The zero-order chi connectivity index (χ0) is 16.2. The number of carbonyl (C=O) groups is 1. The number of anilines is 2. The highest BCUT2D eigenvalue weighted by Gasteiger charge is 2.19. The fourth-order valence-corrected chi connectivity index (χ4v) is 3.12. The third-order valence-corrected chi connectivity index (χ3v) is 4.67. The molecule has 0 spiro atoms. The summed E-state index contributed by atoms with van der Waals surface area (Å²) in [5.41, 5.74) is 3.75. The quantitative estimate of drug-likeness (QED) is 0.906. The molecule has 0 bridgehead atoms. The van der Waals surface area contributed by atoms with Crippen molar-refractivity contribution >= 4 is 17.3 Å². The molecule has 1 saturated heterocycles. The maximum Gasteiger partial charge on any atom is 0.255 e. The van der Waals surface area contributed by atoms with Crippen molar-refractivity contribution in [2.24, 2.45) is 5.92 Å². The Labute approximate surface area is 138 Å². The predicted octanol–water partition coefficient (Wildman–Crippen LogP) is 4.48. The van der Waals surface area contributed by atoms with Crippen molar-refractivity contribution < 1.29 is 4.79 Å². The van der Waals surface area contributed by atoms with Gasteiger partial charge >= 0.3 is 0 Å². The molecular weight excluding hydrogens is 284 g/mol. The smallest absolute Gasteiger partial charge is 0.255 e. The summed E-state index contributed by atoms with van der Waals surface area (Å²) in [5.74, 6) is 0.751. The zero-order valence-corrected chi connectivity index (χ0v) is 13.9. The van der Waals surface area contributed by atoms with Crippen molar-refractivity contribution in [1.29, 1.82) is 0 Å². The molecule has 0 unspecified atom stereocenters. The second-order valence-corrected chi connectivity index (χ2v) is 6.46. The van der Waals surface area contributed by atoms with Gasteiger partial charge in [-0.1, -0.05) is 37.3 Å². The minimum Gasteiger partial charge on any atom is -0.370 e. The van der Waals surface area contributed by atoms with Gasteiger partial charge < -0.3 is 10.2 Å². The maximum atomic E-state index is 12.6. The van der Waals surface area contributed by atoms with Crippen molar-refractivity contribution in [3.05, 3.63) is 59.7 Å². The molecule has 1 amide bonds. The van der Waals surface area contributed by atoms with E-state index in [9.17, 15) is 4.79 Å². The van der Waals surface area contributed by atoms with Crippen LogP contribution in [0.1, 0.15) is 35.7 Å². The number of rotatable bonds is 3. The third-order valence-electron chi connectivity index (χ3n) is 4.67. The molecule has 1 aliphatic rings. The third kappa shape index (κ3) is 3.55. The molecular formula is C20H24N2O. The first kappa shape index (κ1) is 15.6. The predicted molar refractivity (Wildman–Crippen MR) is 96.2 cm³/mol. The van der Waals surface area contributed by atoms with E-state index < -0.39 is 0 Å². The number of hydrogen-bond donors (Lipinski definition) is 1. The van der Waals surface area contributed by atoms with Gasteiger partial charge in [0, 0.05) is 18.7 Å². The van der Waals surface area contributed by atoms with Crippen LogP contribution in [0, 0.1) is 12.8 Å². The highest BCUT2D eigenvalue weighted by Crippen LogP contribution is 2.30. The number of para-hydroxylation sites is 2. The molecule has 1 N–H and O–H groups in total. The molecule has 0 saturated carbocycles. The molecule has 2 aromatic rings. The molecule has 3 heteroatoms. The molecule has 1 aliphatic heterocycles. The Morgan fingerprint density at radius 1 is 1.04 bits per heavy atom. The lowest BCUT2D eigenvalue weighted by atomic mass is 9.98. The van der Waals surface area contributed by atoms with Crippen molar-refractivity contribution in [2.45, 2.75) is 26.7 Å². The summed E-state index contributed by atoms with van der Waals surface area (Å²) in [5, 5.41) is 3.10. The van der Waals surface area contributed by atoms with Gasteiger partial charge in [0.1, 0.15) is 0 Å². The van der Waals surface area contributed by atoms with E-state index in [0.717, 1.165) is 41.5 Å². The minimum atomic E-state index is -0.0408. The van der Waals surface area contributed by atoms with Crippen LogP contribution < -0.4 is 10.2 Å². The van der Waals surface area contributed by atoms with Crippen LogP contribution in [-0.4, -0.2) is 19.0 Å². The molecule has 0 aliphatic carbocycles. The van der Waals surface area contributed by atoms with E-state index in [0.29, 0.717) is 0 Å². The Hall–Kier alpha value is -2.29. The lowest BCUT2D eigenvalue weighted by molar-refractivity contribution is 0.102. The lowest BCUT2D eigenvalue weighted by Gasteiger charge is -2.33. The summed E-state index contributed by atoms with van der Waals surface area (Å²) >= 11 is 0. The summed E-state index contributed by atoms with van der Waals surface area (Å²) in [6, 6.07) is 15.8. The molecule has 0 atom stereocenters. The highest BCUT2D eigenvalue weighted by molar-refractivity contribution is 6.06. The average molecular weight is 308 g/mol. The van der Waals surface area contributed by atoms with E-state index in [-0.39, 0.29) is 5.91 Å². The van der Waals surface area contributed by atoms with Gasteiger partial charge in [-0.15, -0.1) is 0 Å². The van der Waals surface area contributed by atoms with Crippen molar-refractivity contribution in [3.8, 4) is 0 Å². The van der Waals surface area contributed by atoms with Crippen LogP contribution in [0.15, 0.2) is 48.5 Å². The Morgan fingerprint density at radius 3 is 2.43 bits per heavy atom. The minimum absolute atomic E-state index is 0.0408. The zero-order valence-electron chi connectivity index (χ0n) is 13.9. The molecule has 0 aromatic heterocycles. The number of aryl methyl sites for hydroxylation is 1. The van der Waals surface area contributed by atoms with Gasteiger partial charge in [0.25, 0.3) is 5.91 Å². The first-order valence-electron chi connectivity index (χ1n) is 8.36. The summed E-state index contributed by atoms with van der Waals surface area (Å²) in [6.45, 7) is 6.38. The van der Waals surface area contributed by atoms with Crippen LogP contribution in [0.5, 0.6) is 0 Å². The first-order chi connectivity index (χ1) is 11.1. The van der Waals surface area contributed by atoms with Crippen molar-refractivity contribution in [3.63, 3.8) is 0 Å². The number of amides is 1. The summed E-state index contributed by atoms with van der Waals surface area (Å²) < 4.78 is 0. The van der Waals surface area contributed by atoms with Crippen molar-refractivity contribution in [1.82, 2.24) is 0 Å². The Bertz CT molecular complexity index is 688. The van der Waals surface area contributed by atoms with Crippen LogP contribution >= 0.6 is 0 Å². The monoisotopic (exact) mass is 308 g/mol. The Kier molecular flexibility index (Phi) is 4.65. The summed E-state index contributed by atoms with van der Waals surface area (Å²) in [4.78, 5) is 15.0. The topological polar surface area (TPSA) is 32.3 Å². The van der Waals surface area contributed by atoms with Gasteiger partial charge in [-0.05, 0) is 49.4 Å². The van der Waals surface area contributed by atoms with Gasteiger partial charge in [0.05, 0.1) is 11.4 Å². The van der Waals surface area contributed by atoms with E-state index in [1.807, 2.05) is 49.4 Å². The molecule has 23 heavy (non-hydrogen) atoms. The molecule has 2 aromatic carbocycles. The van der Waals surface area contributed by atoms with Gasteiger partial charge in [0.15, 0.2) is 0 Å². The number of hydrogen-bond acceptors (Lipinski definition) is 2. The van der Waals surface area contributed by atoms with Crippen LogP contribution in [0.4, 0.5) is 11.4 Å². The standard InChI is InChI=1S/C20H24N2O/c1-15-11-13-22(14-12-15)19-10-6-5-9-18(19)21-20(23)17-8-4-3-7-16(17)2/h3-10,15H,11-14H2,1-2H3,(H,21,23). The largest absolute Gasteiger partial charge is 0.370 e. The molecule has 1 fully saturated rings. The van der Waals surface area contributed by atoms with Gasteiger partial charge in [-0.2, -0.15) is 0 Å². The van der Waals surface area contributed by atoms with Crippen LogP contribution in [0.3, 0.4) is 0 Å². The normalized spacial score (nSPS) is 15.5. The van der Waals surface area contributed by atoms with Crippen molar-refractivity contribution in [2.75, 3.05) is 23.3 Å². The van der Waals surface area contributed by atoms with E-state index in [2.05, 4.69) is 23.2 Å². The van der Waals surface area contributed by atoms with Gasteiger partial charge in [-0.3, -0.25) is 4.79 Å². The van der Waals surface area contributed by atoms with E-state index in [1.54, 1.807) is 0 Å². The first-order valence-corrected chi connectivity index (χ1v) is 8.36. The van der Waals surface area contributed by atoms with Gasteiger partial charge in [-0.25, -0.2) is 0 Å². The SMILES string of the molecule is Cc1ccccc1C(=O)Nc1ccccc1N1CCC(C)CC1. The number of benzene rings is 2.